The Balaban J connectivity index is 1.96. The minimum absolute atomic E-state index is 0.00948. The SMILES string of the molecule is CC(C)=CCC1Cc2c(OC(=O)Nc3ccc(Cl)cc3)cc(=O)n(CCCO)c2CC1(C)C. The molecule has 2 aromatic rings. The molecule has 1 aliphatic rings. The number of benzene rings is 1. The van der Waals surface area contributed by atoms with Gasteiger partial charge in [0.25, 0.3) is 5.56 Å². The number of ether oxygens (including phenoxy) is 1. The molecule has 2 N–H and O–H groups in total. The van der Waals surface area contributed by atoms with E-state index in [0.29, 0.717) is 48.2 Å². The zero-order chi connectivity index (χ0) is 24.2. The van der Waals surface area contributed by atoms with E-state index in [1.165, 1.54) is 11.6 Å². The Hall–Kier alpha value is -2.57. The summed E-state index contributed by atoms with van der Waals surface area (Å²) >= 11 is 5.91. The first kappa shape index (κ1) is 25.1. The van der Waals surface area contributed by atoms with Gasteiger partial charge in [-0.05, 0) is 75.1 Å². The lowest BCUT2D eigenvalue weighted by Gasteiger charge is -2.41. The second-order valence-electron chi connectivity index (χ2n) is 9.61. The van der Waals surface area contributed by atoms with Crippen molar-refractivity contribution in [2.24, 2.45) is 11.3 Å². The summed E-state index contributed by atoms with van der Waals surface area (Å²) in [6.07, 6.45) is 4.40. The monoisotopic (exact) mass is 472 g/mol. The van der Waals surface area contributed by atoms with Crippen LogP contribution in [0.3, 0.4) is 0 Å². The average molecular weight is 473 g/mol. The van der Waals surface area contributed by atoms with Crippen LogP contribution in [-0.2, 0) is 19.4 Å². The maximum Gasteiger partial charge on any atom is 0.417 e. The average Bonchev–Trinajstić information content (AvgIpc) is 2.73. The Bertz CT molecular complexity index is 1080. The standard InChI is InChI=1S/C26H33ClN2O4/c1-17(2)6-7-18-14-21-22(16-26(18,3)4)29(12-5-13-30)24(31)15-23(21)33-25(32)28-20-10-8-19(27)9-11-20/h6,8-11,15,18,30H,5,7,12-14,16H2,1-4H3,(H,28,32). The number of aromatic nitrogens is 1. The molecule has 0 saturated carbocycles. The molecule has 6 nitrogen and oxygen atoms in total. The summed E-state index contributed by atoms with van der Waals surface area (Å²) in [7, 11) is 0. The van der Waals surface area contributed by atoms with Crippen molar-refractivity contribution in [2.75, 3.05) is 11.9 Å². The first-order valence-corrected chi connectivity index (χ1v) is 11.7. The Morgan fingerprint density at radius 3 is 2.64 bits per heavy atom. The van der Waals surface area contributed by atoms with Crippen LogP contribution >= 0.6 is 11.6 Å². The molecule has 7 heteroatoms. The number of anilines is 1. The Kier molecular flexibility index (Phi) is 8.03. The van der Waals surface area contributed by atoms with Crippen LogP contribution in [-0.4, -0.2) is 22.4 Å². The molecule has 1 heterocycles. The molecule has 0 fully saturated rings. The number of hydrogen-bond acceptors (Lipinski definition) is 4. The fourth-order valence-corrected chi connectivity index (χ4v) is 4.48. The minimum atomic E-state index is -0.655. The number of nitrogens with one attached hydrogen (secondary N) is 1. The van der Waals surface area contributed by atoms with Crippen molar-refractivity contribution < 1.29 is 14.6 Å². The number of halogens is 1. The maximum atomic E-state index is 12.9. The molecule has 0 spiro atoms. The highest BCUT2D eigenvalue weighted by Crippen LogP contribution is 2.44. The summed E-state index contributed by atoms with van der Waals surface area (Å²) in [6.45, 7) is 9.07. The van der Waals surface area contributed by atoms with Crippen LogP contribution in [0.5, 0.6) is 5.75 Å². The first-order valence-electron chi connectivity index (χ1n) is 11.3. The number of amides is 1. The summed E-state index contributed by atoms with van der Waals surface area (Å²) in [5, 5.41) is 12.6. The number of hydrogen-bond donors (Lipinski definition) is 2. The smallest absolute Gasteiger partial charge is 0.410 e. The highest BCUT2D eigenvalue weighted by molar-refractivity contribution is 6.30. The fourth-order valence-electron chi connectivity index (χ4n) is 4.36. The lowest BCUT2D eigenvalue weighted by Crippen LogP contribution is -2.38. The van der Waals surface area contributed by atoms with Crippen LogP contribution in [0.25, 0.3) is 0 Å². The number of aliphatic hydroxyl groups is 1. The number of carbonyl (C=O) groups excluding carboxylic acids is 1. The second kappa shape index (κ2) is 10.6. The molecule has 0 radical (unpaired) electrons. The van der Waals surface area contributed by atoms with E-state index in [1.807, 2.05) is 0 Å². The topological polar surface area (TPSA) is 80.6 Å². The van der Waals surface area contributed by atoms with Crippen molar-refractivity contribution in [1.29, 1.82) is 0 Å². The maximum absolute atomic E-state index is 12.9. The van der Waals surface area contributed by atoms with Gasteiger partial charge < -0.3 is 14.4 Å². The molecule has 1 amide bonds. The van der Waals surface area contributed by atoms with Gasteiger partial charge in [-0.15, -0.1) is 0 Å². The van der Waals surface area contributed by atoms with Crippen molar-refractivity contribution in [1.82, 2.24) is 4.57 Å². The van der Waals surface area contributed by atoms with Gasteiger partial charge in [0.2, 0.25) is 0 Å². The van der Waals surface area contributed by atoms with Gasteiger partial charge in [0.15, 0.2) is 0 Å². The predicted molar refractivity (Wildman–Crippen MR) is 132 cm³/mol. The molecule has 1 aromatic heterocycles. The molecular formula is C26H33ClN2O4. The lowest BCUT2D eigenvalue weighted by molar-refractivity contribution is 0.182. The molecule has 3 rings (SSSR count). The third kappa shape index (κ3) is 6.27. The predicted octanol–water partition coefficient (Wildman–Crippen LogP) is 5.59. The fraction of sp³-hybridized carbons (Fsp3) is 0.462. The van der Waals surface area contributed by atoms with Gasteiger partial charge in [-0.3, -0.25) is 10.1 Å². The highest BCUT2D eigenvalue weighted by Gasteiger charge is 2.37. The van der Waals surface area contributed by atoms with E-state index in [2.05, 4.69) is 39.1 Å². The van der Waals surface area contributed by atoms with Crippen molar-refractivity contribution in [3.05, 3.63) is 68.6 Å². The van der Waals surface area contributed by atoms with Crippen LogP contribution in [0, 0.1) is 11.3 Å². The molecule has 1 atom stereocenters. The Morgan fingerprint density at radius 2 is 2.00 bits per heavy atom. The highest BCUT2D eigenvalue weighted by atomic mass is 35.5. The molecule has 1 aromatic carbocycles. The third-order valence-corrected chi connectivity index (χ3v) is 6.57. The van der Waals surface area contributed by atoms with E-state index in [0.717, 1.165) is 17.7 Å². The van der Waals surface area contributed by atoms with Crippen LogP contribution in [0.1, 0.15) is 51.8 Å². The first-order chi connectivity index (χ1) is 15.6. The zero-order valence-electron chi connectivity index (χ0n) is 19.8. The molecule has 1 unspecified atom stereocenters. The molecule has 178 valence electrons. The number of rotatable bonds is 7. The van der Waals surface area contributed by atoms with E-state index in [9.17, 15) is 14.7 Å². The van der Waals surface area contributed by atoms with E-state index in [-0.39, 0.29) is 17.6 Å². The van der Waals surface area contributed by atoms with E-state index in [1.54, 1.807) is 28.8 Å². The third-order valence-electron chi connectivity index (χ3n) is 6.31. The van der Waals surface area contributed by atoms with Gasteiger partial charge in [0.05, 0.1) is 0 Å². The summed E-state index contributed by atoms with van der Waals surface area (Å²) < 4.78 is 7.40. The number of carbonyl (C=O) groups is 1. The summed E-state index contributed by atoms with van der Waals surface area (Å²) in [5.41, 5.74) is 3.35. The van der Waals surface area contributed by atoms with Gasteiger partial charge >= 0.3 is 6.09 Å². The molecule has 0 bridgehead atoms. The van der Waals surface area contributed by atoms with Gasteiger partial charge in [0.1, 0.15) is 5.75 Å². The Morgan fingerprint density at radius 1 is 1.30 bits per heavy atom. The molecule has 0 aliphatic heterocycles. The molecule has 33 heavy (non-hydrogen) atoms. The second-order valence-corrected chi connectivity index (χ2v) is 10.0. The molecular weight excluding hydrogens is 440 g/mol. The normalized spacial score (nSPS) is 16.6. The van der Waals surface area contributed by atoms with E-state index in [4.69, 9.17) is 16.3 Å². The van der Waals surface area contributed by atoms with Crippen molar-refractivity contribution in [3.63, 3.8) is 0 Å². The van der Waals surface area contributed by atoms with Crippen molar-refractivity contribution >= 4 is 23.4 Å². The quantitative estimate of drug-likeness (QED) is 0.514. The van der Waals surface area contributed by atoms with Gasteiger partial charge in [0, 0.05) is 41.2 Å². The largest absolute Gasteiger partial charge is 0.417 e. The van der Waals surface area contributed by atoms with Gasteiger partial charge in [-0.1, -0.05) is 37.1 Å². The van der Waals surface area contributed by atoms with Crippen LogP contribution in [0.2, 0.25) is 5.02 Å². The van der Waals surface area contributed by atoms with Crippen molar-refractivity contribution in [3.8, 4) is 5.75 Å². The van der Waals surface area contributed by atoms with Crippen molar-refractivity contribution in [2.45, 2.75) is 59.9 Å². The summed E-state index contributed by atoms with van der Waals surface area (Å²) in [6, 6.07) is 8.12. The Labute approximate surface area is 200 Å². The van der Waals surface area contributed by atoms with Gasteiger partial charge in [-0.25, -0.2) is 4.79 Å². The molecule has 1 aliphatic carbocycles. The molecule has 0 saturated heterocycles. The number of allylic oxidation sites excluding steroid dienone is 2. The summed E-state index contributed by atoms with van der Waals surface area (Å²) in [4.78, 5) is 25.6. The summed E-state index contributed by atoms with van der Waals surface area (Å²) in [5.74, 6) is 0.643. The zero-order valence-corrected chi connectivity index (χ0v) is 20.5. The lowest BCUT2D eigenvalue weighted by atomic mass is 9.66. The number of aliphatic hydroxyl groups excluding tert-OH is 1. The van der Waals surface area contributed by atoms with Gasteiger partial charge in [-0.2, -0.15) is 0 Å². The van der Waals surface area contributed by atoms with Crippen LogP contribution in [0.15, 0.2) is 46.8 Å². The minimum Gasteiger partial charge on any atom is -0.410 e. The van der Waals surface area contributed by atoms with E-state index < -0.39 is 6.09 Å². The number of nitrogens with zero attached hydrogens (tertiary/aromatic N) is 1. The van der Waals surface area contributed by atoms with E-state index >= 15 is 0 Å². The van der Waals surface area contributed by atoms with Crippen LogP contribution < -0.4 is 15.6 Å². The number of fused-ring (bicyclic) bond motifs is 1. The van der Waals surface area contributed by atoms with Crippen LogP contribution in [0.4, 0.5) is 10.5 Å². The number of pyridine rings is 1.